The molecule has 1 N–H and O–H groups in total. The van der Waals surface area contributed by atoms with E-state index < -0.39 is 5.97 Å². The zero-order valence-electron chi connectivity index (χ0n) is 15.4. The van der Waals surface area contributed by atoms with Gasteiger partial charge in [-0.2, -0.15) is 0 Å². The third-order valence-electron chi connectivity index (χ3n) is 5.03. The lowest BCUT2D eigenvalue weighted by Crippen LogP contribution is -2.49. The summed E-state index contributed by atoms with van der Waals surface area (Å²) in [7, 11) is 0. The molecule has 0 radical (unpaired) electrons. The predicted octanol–water partition coefficient (Wildman–Crippen LogP) is 3.95. The van der Waals surface area contributed by atoms with Crippen LogP contribution >= 0.6 is 15.9 Å². The second-order valence-corrected chi connectivity index (χ2v) is 7.66. The molecule has 1 fully saturated rings. The molecule has 148 valence electrons. The van der Waals surface area contributed by atoms with Gasteiger partial charge in [-0.05, 0) is 52.2 Å². The number of piperazine rings is 1. The number of halogens is 2. The van der Waals surface area contributed by atoms with Crippen LogP contribution in [0.4, 0.5) is 4.39 Å². The molecule has 0 bridgehead atoms. The SMILES string of the molecule is O=C(O)CC[C@@H](c1ccc(F)cc1)N1CCN(C(=O)c2ccccc2Br)CC1. The van der Waals surface area contributed by atoms with E-state index in [-0.39, 0.29) is 24.2 Å². The number of hydrogen-bond acceptors (Lipinski definition) is 3. The Morgan fingerprint density at radius 1 is 1.04 bits per heavy atom. The van der Waals surface area contributed by atoms with Gasteiger partial charge in [0.05, 0.1) is 5.56 Å². The van der Waals surface area contributed by atoms with Crippen molar-refractivity contribution in [3.05, 3.63) is 69.9 Å². The number of carbonyl (C=O) groups is 2. The van der Waals surface area contributed by atoms with Gasteiger partial charge in [-0.15, -0.1) is 0 Å². The van der Waals surface area contributed by atoms with Gasteiger partial charge >= 0.3 is 5.97 Å². The van der Waals surface area contributed by atoms with E-state index in [1.807, 2.05) is 23.1 Å². The molecule has 1 heterocycles. The summed E-state index contributed by atoms with van der Waals surface area (Å²) in [6, 6.07) is 13.5. The molecule has 3 rings (SSSR count). The van der Waals surface area contributed by atoms with Crippen molar-refractivity contribution in [2.75, 3.05) is 26.2 Å². The normalized spacial score (nSPS) is 16.0. The molecule has 1 aliphatic rings. The minimum atomic E-state index is -0.852. The van der Waals surface area contributed by atoms with Gasteiger partial charge < -0.3 is 10.0 Å². The van der Waals surface area contributed by atoms with Gasteiger partial charge in [-0.1, -0.05) is 24.3 Å². The lowest BCUT2D eigenvalue weighted by atomic mass is 9.99. The highest BCUT2D eigenvalue weighted by molar-refractivity contribution is 9.10. The van der Waals surface area contributed by atoms with Crippen molar-refractivity contribution in [3.63, 3.8) is 0 Å². The van der Waals surface area contributed by atoms with Crippen LogP contribution in [0.25, 0.3) is 0 Å². The number of carbonyl (C=O) groups excluding carboxylic acids is 1. The predicted molar refractivity (Wildman–Crippen MR) is 108 cm³/mol. The van der Waals surface area contributed by atoms with E-state index >= 15 is 0 Å². The first-order valence-corrected chi connectivity index (χ1v) is 10.00. The number of amides is 1. The third kappa shape index (κ3) is 4.97. The van der Waals surface area contributed by atoms with Crippen molar-refractivity contribution in [2.45, 2.75) is 18.9 Å². The van der Waals surface area contributed by atoms with Crippen molar-refractivity contribution < 1.29 is 19.1 Å². The molecule has 0 unspecified atom stereocenters. The summed E-state index contributed by atoms with van der Waals surface area (Å²) in [5.74, 6) is -1.18. The number of benzene rings is 2. The molecule has 0 spiro atoms. The third-order valence-corrected chi connectivity index (χ3v) is 5.72. The lowest BCUT2D eigenvalue weighted by Gasteiger charge is -2.39. The molecule has 1 amide bonds. The maximum absolute atomic E-state index is 13.3. The molecule has 0 aromatic heterocycles. The zero-order chi connectivity index (χ0) is 20.1. The highest BCUT2D eigenvalue weighted by Gasteiger charge is 2.28. The molecular formula is C21H22BrFN2O3. The molecule has 0 aliphatic carbocycles. The van der Waals surface area contributed by atoms with Gasteiger partial charge in [-0.3, -0.25) is 14.5 Å². The Balaban J connectivity index is 1.69. The smallest absolute Gasteiger partial charge is 0.303 e. The van der Waals surface area contributed by atoms with E-state index in [0.717, 1.165) is 10.0 Å². The van der Waals surface area contributed by atoms with Crippen LogP contribution in [0.2, 0.25) is 0 Å². The van der Waals surface area contributed by atoms with E-state index in [1.165, 1.54) is 12.1 Å². The molecule has 1 atom stereocenters. The average Bonchev–Trinajstić information content (AvgIpc) is 2.69. The highest BCUT2D eigenvalue weighted by Crippen LogP contribution is 2.28. The van der Waals surface area contributed by atoms with Gasteiger partial charge in [-0.25, -0.2) is 4.39 Å². The zero-order valence-corrected chi connectivity index (χ0v) is 16.9. The molecule has 2 aromatic rings. The molecule has 1 saturated heterocycles. The average molecular weight is 449 g/mol. The van der Waals surface area contributed by atoms with Crippen molar-refractivity contribution >= 4 is 27.8 Å². The molecule has 1 aliphatic heterocycles. The Hall–Kier alpha value is -2.25. The summed E-state index contributed by atoms with van der Waals surface area (Å²) in [5, 5.41) is 9.08. The van der Waals surface area contributed by atoms with Crippen molar-refractivity contribution in [1.29, 1.82) is 0 Å². The first-order chi connectivity index (χ1) is 13.5. The fraction of sp³-hybridized carbons (Fsp3) is 0.333. The summed E-state index contributed by atoms with van der Waals surface area (Å²) in [6.45, 7) is 2.39. The fourth-order valence-electron chi connectivity index (χ4n) is 3.55. The van der Waals surface area contributed by atoms with Gasteiger partial charge in [0.1, 0.15) is 5.82 Å². The number of carboxylic acids is 1. The fourth-order valence-corrected chi connectivity index (χ4v) is 4.00. The molecule has 2 aromatic carbocycles. The van der Waals surface area contributed by atoms with Crippen molar-refractivity contribution in [3.8, 4) is 0 Å². The minimum Gasteiger partial charge on any atom is -0.481 e. The number of aliphatic carboxylic acids is 1. The molecule has 28 heavy (non-hydrogen) atoms. The van der Waals surface area contributed by atoms with E-state index in [4.69, 9.17) is 5.11 Å². The summed E-state index contributed by atoms with van der Waals surface area (Å²) in [6.07, 6.45) is 0.483. The quantitative estimate of drug-likeness (QED) is 0.726. The van der Waals surface area contributed by atoms with Crippen LogP contribution in [0.5, 0.6) is 0 Å². The van der Waals surface area contributed by atoms with Crippen LogP contribution in [0.15, 0.2) is 53.0 Å². The molecule has 5 nitrogen and oxygen atoms in total. The van der Waals surface area contributed by atoms with Gasteiger partial charge in [0.15, 0.2) is 0 Å². The Kier molecular flexibility index (Phi) is 6.80. The number of hydrogen-bond donors (Lipinski definition) is 1. The maximum atomic E-state index is 13.3. The van der Waals surface area contributed by atoms with Crippen LogP contribution in [0.3, 0.4) is 0 Å². The Bertz CT molecular complexity index is 836. The van der Waals surface area contributed by atoms with E-state index in [2.05, 4.69) is 20.8 Å². The summed E-state index contributed by atoms with van der Waals surface area (Å²) >= 11 is 3.42. The summed E-state index contributed by atoms with van der Waals surface area (Å²) in [5.41, 5.74) is 1.53. The number of rotatable bonds is 6. The monoisotopic (exact) mass is 448 g/mol. The van der Waals surface area contributed by atoms with Crippen LogP contribution in [0, 0.1) is 5.82 Å². The van der Waals surface area contributed by atoms with Gasteiger partial charge in [0.25, 0.3) is 5.91 Å². The van der Waals surface area contributed by atoms with Crippen LogP contribution < -0.4 is 0 Å². The first kappa shape index (κ1) is 20.5. The maximum Gasteiger partial charge on any atom is 0.303 e. The standard InChI is InChI=1S/C21H22BrFN2O3/c22-18-4-2-1-3-17(18)21(28)25-13-11-24(12-14-25)19(9-10-20(26)27)15-5-7-16(23)8-6-15/h1-8,19H,9-14H2,(H,26,27)/t19-/m0/s1. The van der Waals surface area contributed by atoms with E-state index in [1.54, 1.807) is 18.2 Å². The van der Waals surface area contributed by atoms with Crippen molar-refractivity contribution in [1.82, 2.24) is 9.80 Å². The topological polar surface area (TPSA) is 60.9 Å². The second kappa shape index (κ2) is 9.30. The second-order valence-electron chi connectivity index (χ2n) is 6.81. The van der Waals surface area contributed by atoms with Crippen LogP contribution in [0.1, 0.15) is 34.8 Å². The first-order valence-electron chi connectivity index (χ1n) is 9.21. The largest absolute Gasteiger partial charge is 0.481 e. The van der Waals surface area contributed by atoms with Gasteiger partial charge in [0, 0.05) is 43.1 Å². The minimum absolute atomic E-state index is 0.0176. The van der Waals surface area contributed by atoms with Crippen LogP contribution in [-0.2, 0) is 4.79 Å². The molecular weight excluding hydrogens is 427 g/mol. The Morgan fingerprint density at radius 2 is 1.68 bits per heavy atom. The van der Waals surface area contributed by atoms with E-state index in [0.29, 0.717) is 38.2 Å². The highest BCUT2D eigenvalue weighted by atomic mass is 79.9. The number of carboxylic acid groups (broad SMARTS) is 1. The molecule has 0 saturated carbocycles. The lowest BCUT2D eigenvalue weighted by molar-refractivity contribution is -0.137. The van der Waals surface area contributed by atoms with Crippen molar-refractivity contribution in [2.24, 2.45) is 0 Å². The van der Waals surface area contributed by atoms with E-state index in [9.17, 15) is 14.0 Å². The molecule has 7 heteroatoms. The summed E-state index contributed by atoms with van der Waals surface area (Å²) < 4.78 is 14.1. The Labute approximate surface area is 171 Å². The van der Waals surface area contributed by atoms with Crippen LogP contribution in [-0.4, -0.2) is 53.0 Å². The van der Waals surface area contributed by atoms with Gasteiger partial charge in [0.2, 0.25) is 0 Å². The number of nitrogens with zero attached hydrogens (tertiary/aromatic N) is 2. The Morgan fingerprint density at radius 3 is 2.29 bits per heavy atom. The summed E-state index contributed by atoms with van der Waals surface area (Å²) in [4.78, 5) is 27.8.